The van der Waals surface area contributed by atoms with E-state index in [0.717, 1.165) is 12.8 Å². The normalized spacial score (nSPS) is 10.1. The van der Waals surface area contributed by atoms with E-state index in [0.29, 0.717) is 6.42 Å². The first-order chi connectivity index (χ1) is 6.81. The van der Waals surface area contributed by atoms with Gasteiger partial charge in [0.1, 0.15) is 0 Å². The van der Waals surface area contributed by atoms with Gasteiger partial charge in [-0.2, -0.15) is 4.89 Å². The quantitative estimate of drug-likeness (QED) is 0.327. The third kappa shape index (κ3) is 9.52. The molecule has 0 aliphatic carbocycles. The molecule has 0 rings (SSSR count). The van der Waals surface area contributed by atoms with Gasteiger partial charge in [0.2, 0.25) is 0 Å². The maximum Gasteiger partial charge on any atom is 0.342 e. The van der Waals surface area contributed by atoms with E-state index in [1.807, 2.05) is 0 Å². The number of carbonyl (C=O) groups excluding carboxylic acids is 1. The van der Waals surface area contributed by atoms with Crippen LogP contribution in [0.15, 0.2) is 0 Å². The standard InChI is InChI=1S/C11H22O3/c1-3-4-5-6-7-8-9-10-11(12)14-13-2/h3-10H2,1-2H3. The van der Waals surface area contributed by atoms with Gasteiger partial charge >= 0.3 is 5.97 Å². The molecule has 0 saturated heterocycles. The molecule has 14 heavy (non-hydrogen) atoms. The second kappa shape index (κ2) is 10.5. The molecule has 0 atom stereocenters. The summed E-state index contributed by atoms with van der Waals surface area (Å²) in [5, 5.41) is 0. The van der Waals surface area contributed by atoms with Gasteiger partial charge in [-0.05, 0) is 6.42 Å². The molecule has 84 valence electrons. The third-order valence-corrected chi connectivity index (χ3v) is 2.16. The average molecular weight is 202 g/mol. The Morgan fingerprint density at radius 3 is 2.14 bits per heavy atom. The van der Waals surface area contributed by atoms with Crippen LogP contribution in [0.1, 0.15) is 58.3 Å². The van der Waals surface area contributed by atoms with E-state index >= 15 is 0 Å². The maximum absolute atomic E-state index is 10.8. The van der Waals surface area contributed by atoms with Crippen molar-refractivity contribution in [2.75, 3.05) is 7.11 Å². The lowest BCUT2D eigenvalue weighted by Crippen LogP contribution is -2.02. The molecule has 0 aromatic carbocycles. The zero-order valence-corrected chi connectivity index (χ0v) is 9.38. The molecule has 0 aliphatic heterocycles. The summed E-state index contributed by atoms with van der Waals surface area (Å²) in [4.78, 5) is 19.4. The second-order valence-electron chi connectivity index (χ2n) is 3.49. The van der Waals surface area contributed by atoms with Gasteiger partial charge in [-0.3, -0.25) is 4.89 Å². The minimum atomic E-state index is -0.263. The fourth-order valence-corrected chi connectivity index (χ4v) is 1.36. The summed E-state index contributed by atoms with van der Waals surface area (Å²) in [6.07, 6.45) is 8.93. The van der Waals surface area contributed by atoms with Crippen molar-refractivity contribution in [1.82, 2.24) is 0 Å². The number of hydrogen-bond donors (Lipinski definition) is 0. The minimum absolute atomic E-state index is 0.263. The summed E-state index contributed by atoms with van der Waals surface area (Å²) in [6.45, 7) is 2.21. The predicted octanol–water partition coefficient (Wildman–Crippen LogP) is 3.23. The van der Waals surface area contributed by atoms with Crippen molar-refractivity contribution >= 4 is 5.97 Å². The number of hydrogen-bond acceptors (Lipinski definition) is 3. The van der Waals surface area contributed by atoms with Crippen molar-refractivity contribution in [2.45, 2.75) is 58.3 Å². The number of unbranched alkanes of at least 4 members (excludes halogenated alkanes) is 6. The molecule has 0 saturated carbocycles. The number of carbonyl (C=O) groups is 1. The molecule has 0 aliphatic rings. The minimum Gasteiger partial charge on any atom is -0.299 e. The van der Waals surface area contributed by atoms with E-state index in [4.69, 9.17) is 0 Å². The summed E-state index contributed by atoms with van der Waals surface area (Å²) < 4.78 is 0. The smallest absolute Gasteiger partial charge is 0.299 e. The van der Waals surface area contributed by atoms with Crippen molar-refractivity contribution in [3.05, 3.63) is 0 Å². The summed E-state index contributed by atoms with van der Waals surface area (Å²) >= 11 is 0. The van der Waals surface area contributed by atoms with Crippen LogP contribution < -0.4 is 0 Å². The van der Waals surface area contributed by atoms with Crippen LogP contribution in [0.5, 0.6) is 0 Å². The molecular weight excluding hydrogens is 180 g/mol. The Kier molecular flexibility index (Phi) is 10.1. The molecule has 0 amide bonds. The van der Waals surface area contributed by atoms with Gasteiger partial charge in [0.15, 0.2) is 0 Å². The maximum atomic E-state index is 10.8. The van der Waals surface area contributed by atoms with Crippen molar-refractivity contribution in [2.24, 2.45) is 0 Å². The SMILES string of the molecule is CCCCCCCCCC(=O)OOC. The summed E-state index contributed by atoms with van der Waals surface area (Å²) in [5.74, 6) is -0.263. The van der Waals surface area contributed by atoms with Crippen LogP contribution in [0.25, 0.3) is 0 Å². The van der Waals surface area contributed by atoms with Gasteiger partial charge < -0.3 is 0 Å². The Balaban J connectivity index is 3.01. The van der Waals surface area contributed by atoms with E-state index < -0.39 is 0 Å². The van der Waals surface area contributed by atoms with Crippen LogP contribution in [0.2, 0.25) is 0 Å². The lowest BCUT2D eigenvalue weighted by molar-refractivity contribution is -0.255. The Labute approximate surface area is 86.7 Å². The van der Waals surface area contributed by atoms with Crippen molar-refractivity contribution in [3.8, 4) is 0 Å². The Bertz CT molecular complexity index is 134. The highest BCUT2D eigenvalue weighted by atomic mass is 17.2. The second-order valence-corrected chi connectivity index (χ2v) is 3.49. The highest BCUT2D eigenvalue weighted by Crippen LogP contribution is 2.08. The van der Waals surface area contributed by atoms with Crippen LogP contribution in [-0.2, 0) is 14.6 Å². The Morgan fingerprint density at radius 2 is 1.57 bits per heavy atom. The lowest BCUT2D eigenvalue weighted by Gasteiger charge is -2.00. The Hall–Kier alpha value is -0.570. The summed E-state index contributed by atoms with van der Waals surface area (Å²) in [5.41, 5.74) is 0. The first kappa shape index (κ1) is 13.4. The van der Waals surface area contributed by atoms with Crippen LogP contribution in [-0.4, -0.2) is 13.1 Å². The fraction of sp³-hybridized carbons (Fsp3) is 0.909. The monoisotopic (exact) mass is 202 g/mol. The van der Waals surface area contributed by atoms with Crippen LogP contribution in [0, 0.1) is 0 Å². The van der Waals surface area contributed by atoms with E-state index in [-0.39, 0.29) is 5.97 Å². The molecule has 0 bridgehead atoms. The summed E-state index contributed by atoms with van der Waals surface area (Å²) in [6, 6.07) is 0. The van der Waals surface area contributed by atoms with Crippen molar-refractivity contribution in [3.63, 3.8) is 0 Å². The molecule has 0 heterocycles. The first-order valence-corrected chi connectivity index (χ1v) is 5.54. The van der Waals surface area contributed by atoms with E-state index in [1.54, 1.807) is 0 Å². The topological polar surface area (TPSA) is 35.5 Å². The van der Waals surface area contributed by atoms with Gasteiger partial charge in [0.05, 0.1) is 7.11 Å². The third-order valence-electron chi connectivity index (χ3n) is 2.16. The molecule has 0 unspecified atom stereocenters. The van der Waals surface area contributed by atoms with Gasteiger partial charge in [0.25, 0.3) is 0 Å². The van der Waals surface area contributed by atoms with Crippen LogP contribution in [0.4, 0.5) is 0 Å². The fourth-order valence-electron chi connectivity index (χ4n) is 1.36. The molecule has 0 spiro atoms. The number of rotatable bonds is 9. The zero-order chi connectivity index (χ0) is 10.6. The van der Waals surface area contributed by atoms with E-state index in [2.05, 4.69) is 16.7 Å². The van der Waals surface area contributed by atoms with Gasteiger partial charge in [0, 0.05) is 6.42 Å². The predicted molar refractivity (Wildman–Crippen MR) is 55.7 cm³/mol. The van der Waals surface area contributed by atoms with Crippen LogP contribution in [0.3, 0.4) is 0 Å². The summed E-state index contributed by atoms with van der Waals surface area (Å²) in [7, 11) is 1.35. The molecule has 3 heteroatoms. The molecule has 0 aromatic heterocycles. The largest absolute Gasteiger partial charge is 0.342 e. The first-order valence-electron chi connectivity index (χ1n) is 5.54. The van der Waals surface area contributed by atoms with Crippen molar-refractivity contribution in [1.29, 1.82) is 0 Å². The Morgan fingerprint density at radius 1 is 1.00 bits per heavy atom. The van der Waals surface area contributed by atoms with Gasteiger partial charge in [-0.1, -0.05) is 45.4 Å². The van der Waals surface area contributed by atoms with Crippen LogP contribution >= 0.6 is 0 Å². The molecular formula is C11H22O3. The molecule has 0 radical (unpaired) electrons. The lowest BCUT2D eigenvalue weighted by atomic mass is 10.1. The molecule has 0 N–H and O–H groups in total. The molecule has 3 nitrogen and oxygen atoms in total. The van der Waals surface area contributed by atoms with Crippen molar-refractivity contribution < 1.29 is 14.6 Å². The highest BCUT2D eigenvalue weighted by Gasteiger charge is 2.01. The van der Waals surface area contributed by atoms with Gasteiger partial charge in [-0.25, -0.2) is 4.79 Å². The molecule has 0 fully saturated rings. The van der Waals surface area contributed by atoms with Gasteiger partial charge in [-0.15, -0.1) is 0 Å². The highest BCUT2D eigenvalue weighted by molar-refractivity contribution is 5.68. The average Bonchev–Trinajstić information content (AvgIpc) is 2.17. The van der Waals surface area contributed by atoms with E-state index in [9.17, 15) is 4.79 Å². The van der Waals surface area contributed by atoms with E-state index in [1.165, 1.54) is 39.2 Å². The molecule has 0 aromatic rings. The zero-order valence-electron chi connectivity index (χ0n) is 9.38.